The maximum atomic E-state index is 12.2. The van der Waals surface area contributed by atoms with Gasteiger partial charge in [0.05, 0.1) is 0 Å². The van der Waals surface area contributed by atoms with E-state index in [0.29, 0.717) is 11.8 Å². The number of likely N-dealkylation sites (tertiary alicyclic amines) is 1. The maximum absolute atomic E-state index is 12.2. The SMILES string of the molecule is CCCCCCCC(=O)N1CCCCCC1CCl. The Bertz CT molecular complexity index is 233. The van der Waals surface area contributed by atoms with E-state index >= 15 is 0 Å². The van der Waals surface area contributed by atoms with Gasteiger partial charge in [-0.2, -0.15) is 0 Å². The van der Waals surface area contributed by atoms with Crippen molar-refractivity contribution in [3.8, 4) is 0 Å². The number of nitrogens with zero attached hydrogens (tertiary/aromatic N) is 1. The molecular formula is C15H28ClNO. The summed E-state index contributed by atoms with van der Waals surface area (Å²) < 4.78 is 0. The highest BCUT2D eigenvalue weighted by Crippen LogP contribution is 2.19. The zero-order chi connectivity index (χ0) is 13.2. The molecule has 2 nitrogen and oxygen atoms in total. The smallest absolute Gasteiger partial charge is 0.222 e. The molecule has 0 aromatic heterocycles. The van der Waals surface area contributed by atoms with E-state index in [-0.39, 0.29) is 6.04 Å². The van der Waals surface area contributed by atoms with E-state index in [2.05, 4.69) is 11.8 Å². The normalized spacial score (nSPS) is 20.8. The second kappa shape index (κ2) is 9.66. The minimum atomic E-state index is 0.289. The van der Waals surface area contributed by atoms with Gasteiger partial charge in [0.25, 0.3) is 0 Å². The lowest BCUT2D eigenvalue weighted by Gasteiger charge is -2.28. The highest BCUT2D eigenvalue weighted by Gasteiger charge is 2.23. The number of hydrogen-bond acceptors (Lipinski definition) is 1. The van der Waals surface area contributed by atoms with Crippen LogP contribution in [-0.2, 0) is 4.79 Å². The van der Waals surface area contributed by atoms with E-state index in [9.17, 15) is 4.79 Å². The molecule has 0 N–H and O–H groups in total. The van der Waals surface area contributed by atoms with E-state index in [1.807, 2.05) is 0 Å². The van der Waals surface area contributed by atoms with Crippen molar-refractivity contribution in [1.82, 2.24) is 4.90 Å². The van der Waals surface area contributed by atoms with Gasteiger partial charge in [0.15, 0.2) is 0 Å². The first-order valence-corrected chi connectivity index (χ1v) is 8.18. The number of rotatable bonds is 7. The zero-order valence-corrected chi connectivity index (χ0v) is 12.6. The van der Waals surface area contributed by atoms with Crippen LogP contribution in [0.5, 0.6) is 0 Å². The van der Waals surface area contributed by atoms with Gasteiger partial charge in [-0.15, -0.1) is 11.6 Å². The Morgan fingerprint density at radius 2 is 1.94 bits per heavy atom. The van der Waals surface area contributed by atoms with Crippen LogP contribution >= 0.6 is 11.6 Å². The van der Waals surface area contributed by atoms with Gasteiger partial charge in [0.2, 0.25) is 5.91 Å². The predicted molar refractivity (Wildman–Crippen MR) is 78.1 cm³/mol. The monoisotopic (exact) mass is 273 g/mol. The number of carbonyl (C=O) groups is 1. The van der Waals surface area contributed by atoms with Crippen LogP contribution in [0.2, 0.25) is 0 Å². The first kappa shape index (κ1) is 15.8. The van der Waals surface area contributed by atoms with Gasteiger partial charge in [-0.05, 0) is 19.3 Å². The molecule has 0 bridgehead atoms. The van der Waals surface area contributed by atoms with Crippen LogP contribution in [0.1, 0.15) is 71.1 Å². The van der Waals surface area contributed by atoms with Crippen LogP contribution in [0.15, 0.2) is 0 Å². The first-order valence-electron chi connectivity index (χ1n) is 7.65. The molecule has 1 aliphatic heterocycles. The van der Waals surface area contributed by atoms with Crippen LogP contribution in [-0.4, -0.2) is 29.3 Å². The van der Waals surface area contributed by atoms with Gasteiger partial charge in [0.1, 0.15) is 0 Å². The number of alkyl halides is 1. The molecular weight excluding hydrogens is 246 g/mol. The van der Waals surface area contributed by atoms with Crippen molar-refractivity contribution in [3.05, 3.63) is 0 Å². The van der Waals surface area contributed by atoms with Gasteiger partial charge < -0.3 is 4.90 Å². The third-order valence-electron chi connectivity index (χ3n) is 3.87. The molecule has 0 aromatic rings. The minimum Gasteiger partial charge on any atom is -0.339 e. The molecule has 1 amide bonds. The summed E-state index contributed by atoms with van der Waals surface area (Å²) in [6.45, 7) is 3.14. The van der Waals surface area contributed by atoms with Crippen molar-refractivity contribution < 1.29 is 4.79 Å². The van der Waals surface area contributed by atoms with Crippen LogP contribution in [0, 0.1) is 0 Å². The molecule has 3 heteroatoms. The highest BCUT2D eigenvalue weighted by atomic mass is 35.5. The second-order valence-corrected chi connectivity index (χ2v) is 5.72. The summed E-state index contributed by atoms with van der Waals surface area (Å²) in [7, 11) is 0. The highest BCUT2D eigenvalue weighted by molar-refractivity contribution is 6.18. The molecule has 1 rings (SSSR count). The van der Waals surface area contributed by atoms with Crippen molar-refractivity contribution in [1.29, 1.82) is 0 Å². The molecule has 0 spiro atoms. The van der Waals surface area contributed by atoms with Crippen molar-refractivity contribution in [2.45, 2.75) is 77.2 Å². The summed E-state index contributed by atoms with van der Waals surface area (Å²) in [5.41, 5.74) is 0. The van der Waals surface area contributed by atoms with E-state index in [1.165, 1.54) is 38.5 Å². The minimum absolute atomic E-state index is 0.289. The average molecular weight is 274 g/mol. The fourth-order valence-corrected chi connectivity index (χ4v) is 3.01. The fourth-order valence-electron chi connectivity index (χ4n) is 2.69. The second-order valence-electron chi connectivity index (χ2n) is 5.41. The molecule has 0 radical (unpaired) electrons. The maximum Gasteiger partial charge on any atom is 0.222 e. The third kappa shape index (κ3) is 5.60. The van der Waals surface area contributed by atoms with E-state index in [1.54, 1.807) is 0 Å². The van der Waals surface area contributed by atoms with Gasteiger partial charge in [0, 0.05) is 24.9 Å². The van der Waals surface area contributed by atoms with Crippen LogP contribution in [0.3, 0.4) is 0 Å². The number of amides is 1. The number of hydrogen-bond donors (Lipinski definition) is 0. The fraction of sp³-hybridized carbons (Fsp3) is 0.933. The Kier molecular flexibility index (Phi) is 8.49. The van der Waals surface area contributed by atoms with Crippen LogP contribution < -0.4 is 0 Å². The molecule has 1 heterocycles. The van der Waals surface area contributed by atoms with E-state index < -0.39 is 0 Å². The summed E-state index contributed by atoms with van der Waals surface area (Å²) in [4.78, 5) is 14.3. The van der Waals surface area contributed by atoms with Crippen LogP contribution in [0.4, 0.5) is 0 Å². The average Bonchev–Trinajstić information content (AvgIpc) is 2.63. The van der Waals surface area contributed by atoms with Crippen molar-refractivity contribution in [2.24, 2.45) is 0 Å². The van der Waals surface area contributed by atoms with E-state index in [0.717, 1.165) is 32.2 Å². The number of unbranched alkanes of at least 4 members (excludes halogenated alkanes) is 4. The van der Waals surface area contributed by atoms with Crippen LogP contribution in [0.25, 0.3) is 0 Å². The molecule has 106 valence electrons. The summed E-state index contributed by atoms with van der Waals surface area (Å²) in [5, 5.41) is 0. The van der Waals surface area contributed by atoms with Crippen molar-refractivity contribution in [2.75, 3.05) is 12.4 Å². The molecule has 0 saturated carbocycles. The lowest BCUT2D eigenvalue weighted by atomic mass is 10.1. The standard InChI is InChI=1S/C15H28ClNO/c1-2-3-4-5-8-11-15(18)17-12-9-6-7-10-14(17)13-16/h14H,2-13H2,1H3. The number of carbonyl (C=O) groups excluding carboxylic acids is 1. The molecule has 1 fully saturated rings. The Morgan fingerprint density at radius 3 is 2.67 bits per heavy atom. The molecule has 0 aliphatic carbocycles. The van der Waals surface area contributed by atoms with Gasteiger partial charge in [-0.3, -0.25) is 4.79 Å². The molecule has 1 saturated heterocycles. The molecule has 1 unspecified atom stereocenters. The lowest BCUT2D eigenvalue weighted by molar-refractivity contribution is -0.133. The van der Waals surface area contributed by atoms with Gasteiger partial charge in [-0.25, -0.2) is 0 Å². The van der Waals surface area contributed by atoms with Crippen molar-refractivity contribution in [3.63, 3.8) is 0 Å². The largest absolute Gasteiger partial charge is 0.339 e. The Labute approximate surface area is 117 Å². The Balaban J connectivity index is 2.28. The van der Waals surface area contributed by atoms with E-state index in [4.69, 9.17) is 11.6 Å². The first-order chi connectivity index (χ1) is 8.79. The van der Waals surface area contributed by atoms with Gasteiger partial charge in [-0.1, -0.05) is 45.4 Å². The predicted octanol–water partition coefficient (Wildman–Crippen LogP) is 4.36. The zero-order valence-electron chi connectivity index (χ0n) is 11.8. The summed E-state index contributed by atoms with van der Waals surface area (Å²) in [6, 6.07) is 0.289. The summed E-state index contributed by atoms with van der Waals surface area (Å²) in [6.07, 6.45) is 11.5. The molecule has 18 heavy (non-hydrogen) atoms. The molecule has 0 aromatic carbocycles. The lowest BCUT2D eigenvalue weighted by Crippen LogP contribution is -2.40. The third-order valence-corrected chi connectivity index (χ3v) is 4.23. The summed E-state index contributed by atoms with van der Waals surface area (Å²) in [5.74, 6) is 0.931. The Hall–Kier alpha value is -0.240. The summed E-state index contributed by atoms with van der Waals surface area (Å²) >= 11 is 6.00. The molecule has 1 aliphatic rings. The quantitative estimate of drug-likeness (QED) is 0.499. The van der Waals surface area contributed by atoms with Gasteiger partial charge >= 0.3 is 0 Å². The number of halogens is 1. The van der Waals surface area contributed by atoms with Crippen molar-refractivity contribution >= 4 is 17.5 Å². The topological polar surface area (TPSA) is 20.3 Å². The Morgan fingerprint density at radius 1 is 1.17 bits per heavy atom. The molecule has 1 atom stereocenters.